The quantitative estimate of drug-likeness (QED) is 0.636. The zero-order chi connectivity index (χ0) is 10.7. The third-order valence-electron chi connectivity index (χ3n) is 2.71. The van der Waals surface area contributed by atoms with Gasteiger partial charge in [0, 0.05) is 18.6 Å². The molecule has 0 atom stereocenters. The molecule has 2 N–H and O–H groups in total. The minimum Gasteiger partial charge on any atom is -0.464 e. The van der Waals surface area contributed by atoms with Gasteiger partial charge in [-0.25, -0.2) is 10.2 Å². The van der Waals surface area contributed by atoms with Crippen molar-refractivity contribution in [2.45, 2.75) is 31.5 Å². The van der Waals surface area contributed by atoms with Gasteiger partial charge in [-0.1, -0.05) is 0 Å². The van der Waals surface area contributed by atoms with Gasteiger partial charge in [-0.2, -0.15) is 5.10 Å². The van der Waals surface area contributed by atoms with E-state index in [1.807, 2.05) is 5.43 Å². The van der Waals surface area contributed by atoms with Crippen molar-refractivity contribution in [3.63, 3.8) is 0 Å². The van der Waals surface area contributed by atoms with E-state index in [9.17, 15) is 4.79 Å². The number of rotatable bonds is 1. The number of hydrogen-bond donors (Lipinski definition) is 2. The smallest absolute Gasteiger partial charge is 0.425 e. The van der Waals surface area contributed by atoms with Crippen molar-refractivity contribution in [3.8, 4) is 0 Å². The van der Waals surface area contributed by atoms with Crippen molar-refractivity contribution < 1.29 is 19.4 Å². The Balaban J connectivity index is 1.86. The van der Waals surface area contributed by atoms with Crippen LogP contribution in [0.15, 0.2) is 5.10 Å². The van der Waals surface area contributed by atoms with Crippen molar-refractivity contribution in [3.05, 3.63) is 0 Å². The van der Waals surface area contributed by atoms with Crippen LogP contribution in [0, 0.1) is 0 Å². The van der Waals surface area contributed by atoms with E-state index in [2.05, 4.69) is 5.10 Å². The first-order chi connectivity index (χ1) is 7.20. The molecule has 15 heavy (non-hydrogen) atoms. The largest absolute Gasteiger partial charge is 0.464 e. The van der Waals surface area contributed by atoms with Crippen LogP contribution < -0.4 is 5.43 Å². The second-order valence-electron chi connectivity index (χ2n) is 3.70. The average molecular weight is 214 g/mol. The van der Waals surface area contributed by atoms with Crippen LogP contribution in [0.1, 0.15) is 25.7 Å². The number of hydrazone groups is 1. The monoisotopic (exact) mass is 214 g/mol. The fourth-order valence-corrected chi connectivity index (χ4v) is 1.94. The van der Waals surface area contributed by atoms with Gasteiger partial charge in [0.05, 0.1) is 13.2 Å². The molecule has 2 fully saturated rings. The lowest BCUT2D eigenvalue weighted by Crippen LogP contribution is -2.35. The van der Waals surface area contributed by atoms with Gasteiger partial charge in [0.1, 0.15) is 0 Å². The predicted octanol–water partition coefficient (Wildman–Crippen LogP) is 0.927. The van der Waals surface area contributed by atoms with Crippen LogP contribution in [-0.4, -0.2) is 35.9 Å². The van der Waals surface area contributed by atoms with Crippen LogP contribution in [0.5, 0.6) is 0 Å². The molecule has 1 spiro atoms. The van der Waals surface area contributed by atoms with E-state index >= 15 is 0 Å². The van der Waals surface area contributed by atoms with Gasteiger partial charge < -0.3 is 14.6 Å². The number of carboxylic acid groups (broad SMARTS) is 1. The predicted molar refractivity (Wildman–Crippen MR) is 51.7 cm³/mol. The first-order valence-electron chi connectivity index (χ1n) is 5.02. The van der Waals surface area contributed by atoms with Gasteiger partial charge in [0.2, 0.25) is 0 Å². The van der Waals surface area contributed by atoms with E-state index < -0.39 is 11.9 Å². The van der Waals surface area contributed by atoms with Gasteiger partial charge in [-0.05, 0) is 12.8 Å². The number of amides is 1. The molecular formula is C9H14N2O4. The highest BCUT2D eigenvalue weighted by molar-refractivity contribution is 5.86. The summed E-state index contributed by atoms with van der Waals surface area (Å²) in [5, 5.41) is 12.2. The van der Waals surface area contributed by atoms with Crippen LogP contribution in [0.25, 0.3) is 0 Å². The molecule has 0 unspecified atom stereocenters. The first-order valence-corrected chi connectivity index (χ1v) is 5.02. The molecule has 0 aromatic rings. The number of hydrogen-bond acceptors (Lipinski definition) is 4. The minimum absolute atomic E-state index is 0.414. The number of nitrogens with one attached hydrogen (secondary N) is 1. The summed E-state index contributed by atoms with van der Waals surface area (Å²) in [6, 6.07) is 0. The van der Waals surface area contributed by atoms with Crippen LogP contribution in [-0.2, 0) is 9.47 Å². The van der Waals surface area contributed by atoms with E-state index in [1.54, 1.807) is 0 Å². The molecule has 1 saturated carbocycles. The van der Waals surface area contributed by atoms with Crippen molar-refractivity contribution in [1.82, 2.24) is 5.43 Å². The van der Waals surface area contributed by atoms with Crippen molar-refractivity contribution in [1.29, 1.82) is 0 Å². The van der Waals surface area contributed by atoms with Crippen LogP contribution in [0.2, 0.25) is 0 Å². The molecule has 2 rings (SSSR count). The lowest BCUT2D eigenvalue weighted by molar-refractivity contribution is -0.167. The highest BCUT2D eigenvalue weighted by atomic mass is 16.7. The lowest BCUT2D eigenvalue weighted by Gasteiger charge is -2.31. The van der Waals surface area contributed by atoms with Gasteiger partial charge in [-0.3, -0.25) is 0 Å². The molecule has 1 heterocycles. The van der Waals surface area contributed by atoms with Crippen molar-refractivity contribution in [2.75, 3.05) is 13.2 Å². The van der Waals surface area contributed by atoms with E-state index in [0.29, 0.717) is 13.2 Å². The number of nitrogens with zero attached hydrogens (tertiary/aromatic N) is 1. The Morgan fingerprint density at radius 2 is 1.93 bits per heavy atom. The maximum absolute atomic E-state index is 10.2. The number of carbonyl (C=O) groups is 1. The van der Waals surface area contributed by atoms with Gasteiger partial charge in [0.25, 0.3) is 0 Å². The molecule has 2 aliphatic rings. The molecule has 0 radical (unpaired) electrons. The summed E-state index contributed by atoms with van der Waals surface area (Å²) in [5.74, 6) is -0.414. The highest BCUT2D eigenvalue weighted by Crippen LogP contribution is 2.34. The summed E-state index contributed by atoms with van der Waals surface area (Å²) in [6.07, 6.45) is 1.83. The summed E-state index contributed by atoms with van der Waals surface area (Å²) in [5.41, 5.74) is 2.88. The third kappa shape index (κ3) is 2.45. The molecule has 0 bridgehead atoms. The highest BCUT2D eigenvalue weighted by Gasteiger charge is 2.39. The molecule has 1 aliphatic heterocycles. The Bertz CT molecular complexity index is 272. The van der Waals surface area contributed by atoms with Gasteiger partial charge in [-0.15, -0.1) is 0 Å². The summed E-state index contributed by atoms with van der Waals surface area (Å²) in [7, 11) is 0. The molecule has 1 amide bonds. The second-order valence-corrected chi connectivity index (χ2v) is 3.70. The number of ether oxygens (including phenoxy) is 2. The van der Waals surface area contributed by atoms with Crippen molar-refractivity contribution in [2.24, 2.45) is 5.10 Å². The van der Waals surface area contributed by atoms with Gasteiger partial charge in [0.15, 0.2) is 5.79 Å². The maximum atomic E-state index is 10.2. The van der Waals surface area contributed by atoms with Crippen LogP contribution in [0.3, 0.4) is 0 Å². The Morgan fingerprint density at radius 1 is 1.33 bits per heavy atom. The zero-order valence-electron chi connectivity index (χ0n) is 8.36. The second kappa shape index (κ2) is 4.16. The van der Waals surface area contributed by atoms with E-state index in [0.717, 1.165) is 31.4 Å². The summed E-state index contributed by atoms with van der Waals surface area (Å²) in [6.45, 7) is 1.31. The summed E-state index contributed by atoms with van der Waals surface area (Å²) in [4.78, 5) is 10.2. The van der Waals surface area contributed by atoms with Crippen molar-refractivity contribution >= 4 is 11.8 Å². The molecule has 6 nitrogen and oxygen atoms in total. The third-order valence-corrected chi connectivity index (χ3v) is 2.71. The molecule has 0 aromatic heterocycles. The van der Waals surface area contributed by atoms with E-state index in [4.69, 9.17) is 14.6 Å². The molecular weight excluding hydrogens is 200 g/mol. The normalized spacial score (nSPS) is 24.1. The fraction of sp³-hybridized carbons (Fsp3) is 0.778. The maximum Gasteiger partial charge on any atom is 0.425 e. The average Bonchev–Trinajstić information content (AvgIpc) is 2.66. The van der Waals surface area contributed by atoms with Gasteiger partial charge >= 0.3 is 6.09 Å². The van der Waals surface area contributed by atoms with Crippen LogP contribution in [0.4, 0.5) is 4.79 Å². The Morgan fingerprint density at radius 3 is 2.47 bits per heavy atom. The molecule has 84 valence electrons. The van der Waals surface area contributed by atoms with Crippen LogP contribution >= 0.6 is 0 Å². The van der Waals surface area contributed by atoms with E-state index in [1.165, 1.54) is 0 Å². The minimum atomic E-state index is -1.13. The van der Waals surface area contributed by atoms with E-state index in [-0.39, 0.29) is 0 Å². The molecule has 1 aliphatic carbocycles. The zero-order valence-corrected chi connectivity index (χ0v) is 8.36. The summed E-state index contributed by atoms with van der Waals surface area (Å²) < 4.78 is 11.1. The lowest BCUT2D eigenvalue weighted by atomic mass is 9.92. The molecule has 6 heteroatoms. The fourth-order valence-electron chi connectivity index (χ4n) is 1.94. The first kappa shape index (κ1) is 10.4. The Hall–Kier alpha value is -1.14. The SMILES string of the molecule is O=C(O)NN=C1CCC2(CC1)OCCO2. The Kier molecular flexibility index (Phi) is 2.88. The Labute approximate surface area is 87.2 Å². The molecule has 1 saturated heterocycles. The standard InChI is InChI=1S/C9H14N2O4/c12-8(13)11-10-7-1-3-9(4-2-7)14-5-6-15-9/h11H,1-6H2,(H,12,13). The molecule has 0 aromatic carbocycles. The topological polar surface area (TPSA) is 80.2 Å². The summed E-state index contributed by atoms with van der Waals surface area (Å²) >= 11 is 0.